The summed E-state index contributed by atoms with van der Waals surface area (Å²) in [6.07, 6.45) is 6.06. The Balaban J connectivity index is 1.35. The molecule has 0 saturated heterocycles. The van der Waals surface area contributed by atoms with Crippen LogP contribution in [0.4, 0.5) is 4.79 Å². The van der Waals surface area contributed by atoms with Crippen LogP contribution >= 0.6 is 0 Å². The van der Waals surface area contributed by atoms with E-state index >= 15 is 0 Å². The smallest absolute Gasteiger partial charge is 0.315 e. The highest BCUT2D eigenvalue weighted by Gasteiger charge is 2.33. The third-order valence-electron chi connectivity index (χ3n) is 4.65. The van der Waals surface area contributed by atoms with Crippen LogP contribution in [0.1, 0.15) is 30.0 Å². The molecule has 5 heteroatoms. The highest BCUT2D eigenvalue weighted by molar-refractivity contribution is 5.74. The van der Waals surface area contributed by atoms with E-state index < -0.39 is 0 Å². The number of hydrogen-bond donors (Lipinski definition) is 2. The Bertz CT molecular complexity index is 856. The number of para-hydroxylation sites is 1. The lowest BCUT2D eigenvalue weighted by Crippen LogP contribution is -2.38. The van der Waals surface area contributed by atoms with Crippen molar-refractivity contribution in [2.45, 2.75) is 25.4 Å². The highest BCUT2D eigenvalue weighted by Crippen LogP contribution is 2.40. The third kappa shape index (κ3) is 3.94. The number of nitrogens with zero attached hydrogens (tertiary/aromatic N) is 2. The minimum atomic E-state index is -0.141. The molecule has 1 aliphatic carbocycles. The number of hydrogen-bond acceptors (Lipinski definition) is 2. The van der Waals surface area contributed by atoms with E-state index in [1.807, 2.05) is 59.4 Å². The summed E-state index contributed by atoms with van der Waals surface area (Å²) in [5, 5.41) is 10.4. The summed E-state index contributed by atoms with van der Waals surface area (Å²) in [4.78, 5) is 12.4. The molecule has 0 radical (unpaired) electrons. The van der Waals surface area contributed by atoms with Gasteiger partial charge >= 0.3 is 6.03 Å². The van der Waals surface area contributed by atoms with Crippen LogP contribution in [0.3, 0.4) is 0 Å². The van der Waals surface area contributed by atoms with Gasteiger partial charge in [-0.15, -0.1) is 0 Å². The molecule has 2 N–H and O–H groups in total. The average molecular weight is 346 g/mol. The van der Waals surface area contributed by atoms with E-state index in [2.05, 4.69) is 27.9 Å². The maximum absolute atomic E-state index is 12.4. The van der Waals surface area contributed by atoms with Crippen LogP contribution in [-0.4, -0.2) is 15.8 Å². The lowest BCUT2D eigenvalue weighted by molar-refractivity contribution is 0.235. The number of urea groups is 1. The van der Waals surface area contributed by atoms with Gasteiger partial charge in [-0.2, -0.15) is 5.10 Å². The molecule has 1 fully saturated rings. The monoisotopic (exact) mass is 346 g/mol. The summed E-state index contributed by atoms with van der Waals surface area (Å²) < 4.78 is 1.81. The maximum atomic E-state index is 12.4. The van der Waals surface area contributed by atoms with Gasteiger partial charge in [0.2, 0.25) is 0 Å². The molecular weight excluding hydrogens is 324 g/mol. The maximum Gasteiger partial charge on any atom is 0.315 e. The Morgan fingerprint density at radius 1 is 1.08 bits per heavy atom. The topological polar surface area (TPSA) is 59.0 Å². The van der Waals surface area contributed by atoms with Crippen LogP contribution in [0.25, 0.3) is 5.69 Å². The first-order valence-corrected chi connectivity index (χ1v) is 8.98. The van der Waals surface area contributed by atoms with Crippen LogP contribution in [0, 0.1) is 5.92 Å². The van der Waals surface area contributed by atoms with E-state index in [-0.39, 0.29) is 12.1 Å². The number of nitrogens with one attached hydrogen (secondary N) is 2. The van der Waals surface area contributed by atoms with Crippen molar-refractivity contribution in [2.75, 3.05) is 0 Å². The fourth-order valence-corrected chi connectivity index (χ4v) is 3.11. The molecule has 1 unspecified atom stereocenters. The number of benzene rings is 2. The van der Waals surface area contributed by atoms with Crippen LogP contribution in [0.5, 0.6) is 0 Å². The highest BCUT2D eigenvalue weighted by atomic mass is 16.2. The van der Waals surface area contributed by atoms with Crippen LogP contribution in [-0.2, 0) is 6.54 Å². The van der Waals surface area contributed by atoms with Gasteiger partial charge in [0, 0.05) is 18.3 Å². The fraction of sp³-hybridized carbons (Fsp3) is 0.238. The zero-order valence-corrected chi connectivity index (χ0v) is 14.5. The molecule has 1 heterocycles. The van der Waals surface area contributed by atoms with E-state index in [0.29, 0.717) is 12.5 Å². The van der Waals surface area contributed by atoms with Crippen LogP contribution in [0.2, 0.25) is 0 Å². The first-order chi connectivity index (χ1) is 12.8. The second-order valence-corrected chi connectivity index (χ2v) is 6.68. The molecule has 1 atom stereocenters. The molecule has 4 rings (SSSR count). The fourth-order valence-electron chi connectivity index (χ4n) is 3.11. The van der Waals surface area contributed by atoms with Gasteiger partial charge in [0.15, 0.2) is 0 Å². The van der Waals surface area contributed by atoms with Gasteiger partial charge in [-0.3, -0.25) is 0 Å². The molecule has 2 amide bonds. The quantitative estimate of drug-likeness (QED) is 0.713. The zero-order valence-electron chi connectivity index (χ0n) is 14.5. The van der Waals surface area contributed by atoms with Gasteiger partial charge < -0.3 is 10.6 Å². The predicted molar refractivity (Wildman–Crippen MR) is 101 cm³/mol. The van der Waals surface area contributed by atoms with E-state index in [9.17, 15) is 4.79 Å². The lowest BCUT2D eigenvalue weighted by atomic mass is 10.0. The molecule has 1 aliphatic rings. The molecule has 2 aromatic carbocycles. The summed E-state index contributed by atoms with van der Waals surface area (Å²) in [6, 6.07) is 20.1. The van der Waals surface area contributed by atoms with E-state index in [1.54, 1.807) is 6.20 Å². The Labute approximate surface area is 153 Å². The SMILES string of the molecule is O=C(NCc1cnn(-c2ccccc2)c1)NC(c1ccccc1)C1CC1. The van der Waals surface area contributed by atoms with Crippen molar-refractivity contribution in [1.29, 1.82) is 0 Å². The molecule has 132 valence electrons. The van der Waals surface area contributed by atoms with Gasteiger partial charge in [0.25, 0.3) is 0 Å². The van der Waals surface area contributed by atoms with Gasteiger partial charge in [0.1, 0.15) is 0 Å². The second-order valence-electron chi connectivity index (χ2n) is 6.68. The molecule has 0 bridgehead atoms. The Hall–Kier alpha value is -3.08. The van der Waals surface area contributed by atoms with Crippen molar-refractivity contribution in [3.05, 3.63) is 84.2 Å². The molecule has 3 aromatic rings. The summed E-state index contributed by atoms with van der Waals surface area (Å²) >= 11 is 0. The summed E-state index contributed by atoms with van der Waals surface area (Å²) in [5.74, 6) is 0.545. The molecule has 26 heavy (non-hydrogen) atoms. The zero-order chi connectivity index (χ0) is 17.8. The number of carbonyl (C=O) groups excluding carboxylic acids is 1. The molecule has 0 spiro atoms. The van der Waals surface area contributed by atoms with Crippen LogP contribution in [0.15, 0.2) is 73.1 Å². The van der Waals surface area contributed by atoms with Crippen molar-refractivity contribution in [1.82, 2.24) is 20.4 Å². The third-order valence-corrected chi connectivity index (χ3v) is 4.65. The Kier molecular flexibility index (Phi) is 4.69. The molecule has 1 aromatic heterocycles. The van der Waals surface area contributed by atoms with E-state index in [0.717, 1.165) is 11.3 Å². The standard InChI is InChI=1S/C21H22N4O/c26-21(24-20(18-11-12-18)17-7-3-1-4-8-17)22-13-16-14-23-25(15-16)19-9-5-2-6-10-19/h1-10,14-15,18,20H,11-13H2,(H2,22,24,26). The lowest BCUT2D eigenvalue weighted by Gasteiger charge is -2.19. The molecule has 1 saturated carbocycles. The van der Waals surface area contributed by atoms with Crippen molar-refractivity contribution in [3.8, 4) is 5.69 Å². The van der Waals surface area contributed by atoms with E-state index in [4.69, 9.17) is 0 Å². The van der Waals surface area contributed by atoms with Crippen molar-refractivity contribution in [2.24, 2.45) is 5.92 Å². The van der Waals surface area contributed by atoms with Gasteiger partial charge in [-0.1, -0.05) is 48.5 Å². The number of amides is 2. The van der Waals surface area contributed by atoms with Crippen molar-refractivity contribution in [3.63, 3.8) is 0 Å². The number of aromatic nitrogens is 2. The summed E-state index contributed by atoms with van der Waals surface area (Å²) in [6.45, 7) is 0.449. The molecule has 5 nitrogen and oxygen atoms in total. The number of rotatable bonds is 6. The number of carbonyl (C=O) groups is 1. The molecular formula is C21H22N4O. The first-order valence-electron chi connectivity index (χ1n) is 8.98. The van der Waals surface area contributed by atoms with Crippen LogP contribution < -0.4 is 10.6 Å². The van der Waals surface area contributed by atoms with Gasteiger partial charge in [0.05, 0.1) is 17.9 Å². The first kappa shape index (κ1) is 16.4. The molecule has 0 aliphatic heterocycles. The normalized spacial score (nSPS) is 14.6. The van der Waals surface area contributed by atoms with E-state index in [1.165, 1.54) is 18.4 Å². The van der Waals surface area contributed by atoms with Gasteiger partial charge in [-0.05, 0) is 36.5 Å². The second kappa shape index (κ2) is 7.44. The average Bonchev–Trinajstić information content (AvgIpc) is 3.42. The predicted octanol–water partition coefficient (Wildman–Crippen LogP) is 3.82. The summed E-state index contributed by atoms with van der Waals surface area (Å²) in [7, 11) is 0. The minimum absolute atomic E-state index is 0.0863. The largest absolute Gasteiger partial charge is 0.334 e. The Morgan fingerprint density at radius 3 is 2.46 bits per heavy atom. The Morgan fingerprint density at radius 2 is 1.77 bits per heavy atom. The minimum Gasteiger partial charge on any atom is -0.334 e. The summed E-state index contributed by atoms with van der Waals surface area (Å²) in [5.41, 5.74) is 3.13. The van der Waals surface area contributed by atoms with Crippen molar-refractivity contribution >= 4 is 6.03 Å². The van der Waals surface area contributed by atoms with Gasteiger partial charge in [-0.25, -0.2) is 9.48 Å². The van der Waals surface area contributed by atoms with Crippen molar-refractivity contribution < 1.29 is 4.79 Å².